The number of hydrogen-bond acceptors (Lipinski definition) is 3. The van der Waals surface area contributed by atoms with E-state index in [1.165, 1.54) is 24.3 Å². The van der Waals surface area contributed by atoms with Gasteiger partial charge in [0, 0.05) is 0 Å². The third kappa shape index (κ3) is 3.82. The van der Waals surface area contributed by atoms with Gasteiger partial charge in [-0.15, -0.1) is 3.89 Å². The smallest absolute Gasteiger partial charge is 0.332 e. The minimum absolute atomic E-state index is 0.122. The lowest BCUT2D eigenvalue weighted by atomic mass is 10.2. The van der Waals surface area contributed by atoms with E-state index in [1.807, 2.05) is 0 Å². The van der Waals surface area contributed by atoms with Gasteiger partial charge >= 0.3 is 16.2 Å². The van der Waals surface area contributed by atoms with Crippen molar-refractivity contribution in [3.05, 3.63) is 35.9 Å². The Morgan fingerprint density at radius 2 is 1.88 bits per heavy atom. The van der Waals surface area contributed by atoms with Gasteiger partial charge in [-0.05, 0) is 17.7 Å². The van der Waals surface area contributed by atoms with Crippen molar-refractivity contribution in [3.8, 4) is 0 Å². The molecule has 86 valence electrons. The number of carbonyl (C=O) groups is 1. The first-order chi connectivity index (χ1) is 7.39. The van der Waals surface area contributed by atoms with Gasteiger partial charge in [0.15, 0.2) is 0 Å². The Hall–Kier alpha value is -1.69. The van der Waals surface area contributed by atoms with Crippen molar-refractivity contribution in [2.45, 2.75) is 11.3 Å². The van der Waals surface area contributed by atoms with E-state index in [0.29, 0.717) is 5.56 Å². The molecule has 0 unspecified atom stereocenters. The zero-order valence-corrected chi connectivity index (χ0v) is 8.95. The van der Waals surface area contributed by atoms with Crippen LogP contribution in [0.15, 0.2) is 35.2 Å². The van der Waals surface area contributed by atoms with Crippen molar-refractivity contribution in [2.24, 2.45) is 0 Å². The molecule has 16 heavy (non-hydrogen) atoms. The SMILES string of the molecule is O=C(O)CC=Cc1ccc(S(=O)(=O)F)cc1. The average Bonchev–Trinajstić information content (AvgIpc) is 2.16. The molecule has 0 radical (unpaired) electrons. The highest BCUT2D eigenvalue weighted by Gasteiger charge is 2.09. The maximum Gasteiger partial charge on any atom is 0.332 e. The summed E-state index contributed by atoms with van der Waals surface area (Å²) in [6, 6.07) is 5.03. The zero-order valence-electron chi connectivity index (χ0n) is 8.13. The Morgan fingerprint density at radius 1 is 1.31 bits per heavy atom. The van der Waals surface area contributed by atoms with Crippen LogP contribution in [0.2, 0.25) is 0 Å². The van der Waals surface area contributed by atoms with Crippen molar-refractivity contribution in [1.82, 2.24) is 0 Å². The highest BCUT2D eigenvalue weighted by atomic mass is 32.3. The molecular weight excluding hydrogens is 235 g/mol. The Labute approximate surface area is 92.2 Å². The van der Waals surface area contributed by atoms with E-state index in [0.717, 1.165) is 12.1 Å². The minimum Gasteiger partial charge on any atom is -0.481 e. The molecular formula is C10H9FO4S. The molecule has 0 heterocycles. The highest BCUT2D eigenvalue weighted by Crippen LogP contribution is 2.13. The van der Waals surface area contributed by atoms with Crippen LogP contribution in [-0.4, -0.2) is 19.5 Å². The summed E-state index contributed by atoms with van der Waals surface area (Å²) in [6.07, 6.45) is 2.81. The van der Waals surface area contributed by atoms with Gasteiger partial charge in [-0.3, -0.25) is 4.79 Å². The number of aliphatic carboxylic acids is 1. The molecule has 0 saturated carbocycles. The van der Waals surface area contributed by atoms with Gasteiger partial charge < -0.3 is 5.11 Å². The molecule has 0 atom stereocenters. The van der Waals surface area contributed by atoms with E-state index in [4.69, 9.17) is 5.11 Å². The van der Waals surface area contributed by atoms with Crippen molar-refractivity contribution < 1.29 is 22.2 Å². The predicted molar refractivity (Wildman–Crippen MR) is 56.0 cm³/mol. The number of rotatable bonds is 4. The summed E-state index contributed by atoms with van der Waals surface area (Å²) < 4.78 is 33.5. The molecule has 1 rings (SSSR count). The van der Waals surface area contributed by atoms with E-state index >= 15 is 0 Å². The molecule has 0 saturated heterocycles. The Bertz CT molecular complexity index is 502. The molecule has 0 aromatic heterocycles. The summed E-state index contributed by atoms with van der Waals surface area (Å²) in [5.41, 5.74) is 0.605. The van der Waals surface area contributed by atoms with Crippen LogP contribution in [0.1, 0.15) is 12.0 Å². The van der Waals surface area contributed by atoms with Gasteiger partial charge in [-0.1, -0.05) is 24.3 Å². The van der Waals surface area contributed by atoms with Crippen LogP contribution in [0, 0.1) is 0 Å². The first-order valence-corrected chi connectivity index (χ1v) is 5.71. The third-order valence-corrected chi connectivity index (χ3v) is 2.60. The molecule has 1 aromatic rings. The fraction of sp³-hybridized carbons (Fsp3) is 0.100. The van der Waals surface area contributed by atoms with Crippen LogP contribution >= 0.6 is 0 Å². The van der Waals surface area contributed by atoms with Gasteiger partial charge in [0.25, 0.3) is 0 Å². The van der Waals surface area contributed by atoms with Crippen molar-refractivity contribution in [2.75, 3.05) is 0 Å². The average molecular weight is 244 g/mol. The summed E-state index contributed by atoms with van der Waals surface area (Å²) in [5.74, 6) is -0.959. The second kappa shape index (κ2) is 4.89. The lowest BCUT2D eigenvalue weighted by Crippen LogP contribution is -1.91. The Kier molecular flexibility index (Phi) is 3.78. The van der Waals surface area contributed by atoms with Crippen LogP contribution in [0.4, 0.5) is 3.89 Å². The van der Waals surface area contributed by atoms with E-state index in [1.54, 1.807) is 0 Å². The number of benzene rings is 1. The normalized spacial score (nSPS) is 11.8. The fourth-order valence-electron chi connectivity index (χ4n) is 1.04. The van der Waals surface area contributed by atoms with Gasteiger partial charge in [0.05, 0.1) is 11.3 Å². The van der Waals surface area contributed by atoms with Crippen molar-refractivity contribution >= 4 is 22.3 Å². The highest BCUT2D eigenvalue weighted by molar-refractivity contribution is 7.86. The van der Waals surface area contributed by atoms with Gasteiger partial charge in [-0.2, -0.15) is 8.42 Å². The van der Waals surface area contributed by atoms with E-state index < -0.39 is 21.1 Å². The summed E-state index contributed by atoms with van der Waals surface area (Å²) in [6.45, 7) is 0. The standard InChI is InChI=1S/C10H9FO4S/c11-16(14,15)9-6-4-8(5-7-9)2-1-3-10(12)13/h1-2,4-7H,3H2,(H,12,13). The largest absolute Gasteiger partial charge is 0.481 e. The zero-order chi connectivity index (χ0) is 12.2. The van der Waals surface area contributed by atoms with Crippen molar-refractivity contribution in [1.29, 1.82) is 0 Å². The van der Waals surface area contributed by atoms with Crippen LogP contribution in [0.5, 0.6) is 0 Å². The fourth-order valence-corrected chi connectivity index (χ4v) is 1.50. The number of hydrogen-bond donors (Lipinski definition) is 1. The first-order valence-electron chi connectivity index (χ1n) is 4.32. The maximum atomic E-state index is 12.5. The summed E-state index contributed by atoms with van der Waals surface area (Å²) in [7, 11) is -4.67. The maximum absolute atomic E-state index is 12.5. The van der Waals surface area contributed by atoms with E-state index in [-0.39, 0.29) is 6.42 Å². The molecule has 6 heteroatoms. The van der Waals surface area contributed by atoms with E-state index in [2.05, 4.69) is 0 Å². The molecule has 0 aliphatic rings. The van der Waals surface area contributed by atoms with Crippen LogP contribution in [0.25, 0.3) is 6.08 Å². The topological polar surface area (TPSA) is 71.4 Å². The summed E-state index contributed by atoms with van der Waals surface area (Å²) in [4.78, 5) is 9.78. The van der Waals surface area contributed by atoms with Gasteiger partial charge in [-0.25, -0.2) is 0 Å². The monoisotopic (exact) mass is 244 g/mol. The molecule has 1 aromatic carbocycles. The number of carboxylic acids is 1. The number of carboxylic acid groups (broad SMARTS) is 1. The van der Waals surface area contributed by atoms with Crippen LogP contribution < -0.4 is 0 Å². The quantitative estimate of drug-likeness (QED) is 0.820. The lowest BCUT2D eigenvalue weighted by molar-refractivity contribution is -0.135. The first kappa shape index (κ1) is 12.4. The molecule has 0 fully saturated rings. The Balaban J connectivity index is 2.80. The lowest BCUT2D eigenvalue weighted by Gasteiger charge is -1.95. The Morgan fingerprint density at radius 3 is 2.31 bits per heavy atom. The molecule has 4 nitrogen and oxygen atoms in total. The molecule has 0 bridgehead atoms. The van der Waals surface area contributed by atoms with Crippen LogP contribution in [0.3, 0.4) is 0 Å². The summed E-state index contributed by atoms with van der Waals surface area (Å²) >= 11 is 0. The minimum atomic E-state index is -4.67. The summed E-state index contributed by atoms with van der Waals surface area (Å²) in [5, 5.41) is 8.36. The predicted octanol–water partition coefficient (Wildman–Crippen LogP) is 1.83. The second-order valence-corrected chi connectivity index (χ2v) is 4.35. The third-order valence-electron chi connectivity index (χ3n) is 1.76. The molecule has 1 N–H and O–H groups in total. The van der Waals surface area contributed by atoms with Gasteiger partial charge in [0.2, 0.25) is 0 Å². The molecule has 0 spiro atoms. The van der Waals surface area contributed by atoms with Crippen LogP contribution in [-0.2, 0) is 15.0 Å². The molecule has 0 aliphatic heterocycles. The molecule has 0 amide bonds. The van der Waals surface area contributed by atoms with Crippen molar-refractivity contribution in [3.63, 3.8) is 0 Å². The molecule has 0 aliphatic carbocycles. The second-order valence-electron chi connectivity index (χ2n) is 3.01. The van der Waals surface area contributed by atoms with Gasteiger partial charge in [0.1, 0.15) is 0 Å². The van der Waals surface area contributed by atoms with E-state index in [9.17, 15) is 17.1 Å². The number of halogens is 1.